The molecule has 6 N–H and O–H groups in total. The number of rotatable bonds is 10. The molecule has 2 rings (SSSR count). The maximum atomic E-state index is 12.0. The molecule has 152 valence electrons. The number of hydrogen-bond acceptors (Lipinski definition) is 5. The molecule has 2 aromatic rings. The number of benzene rings is 2. The summed E-state index contributed by atoms with van der Waals surface area (Å²) in [6.07, 6.45) is 0.452. The summed E-state index contributed by atoms with van der Waals surface area (Å²) < 4.78 is 0. The highest BCUT2D eigenvalue weighted by Gasteiger charge is 2.12. The molecule has 8 nitrogen and oxygen atoms in total. The molecule has 0 bridgehead atoms. The number of hydrogen-bond donors (Lipinski definition) is 4. The summed E-state index contributed by atoms with van der Waals surface area (Å²) in [5.74, 6) is -0.693. The molecule has 0 heterocycles. The monoisotopic (exact) mass is 414 g/mol. The molecule has 2 aromatic carbocycles. The van der Waals surface area contributed by atoms with Crippen molar-refractivity contribution in [1.82, 2.24) is 0 Å². The van der Waals surface area contributed by atoms with E-state index >= 15 is 0 Å². The first-order chi connectivity index (χ1) is 13.9. The molecule has 0 atom stereocenters. The van der Waals surface area contributed by atoms with E-state index in [9.17, 15) is 19.2 Å². The quantitative estimate of drug-likeness (QED) is 0.439. The third-order valence-electron chi connectivity index (χ3n) is 3.88. The predicted octanol–water partition coefficient (Wildman–Crippen LogP) is 1.97. The fourth-order valence-corrected chi connectivity index (χ4v) is 3.33. The maximum absolute atomic E-state index is 12.0. The highest BCUT2D eigenvalue weighted by Crippen LogP contribution is 2.16. The first-order valence-corrected chi connectivity index (χ1v) is 9.99. The Bertz CT molecular complexity index is 843. The lowest BCUT2D eigenvalue weighted by Gasteiger charge is -2.09. The molecule has 0 aromatic heterocycles. The molecule has 0 aliphatic rings. The van der Waals surface area contributed by atoms with Gasteiger partial charge in [0.25, 0.3) is 11.8 Å². The van der Waals surface area contributed by atoms with Crippen LogP contribution in [0.4, 0.5) is 11.4 Å². The number of nitrogens with one attached hydrogen (secondary N) is 2. The predicted molar refractivity (Wildman–Crippen MR) is 114 cm³/mol. The van der Waals surface area contributed by atoms with Crippen LogP contribution in [0.1, 0.15) is 33.6 Å². The number of amides is 4. The minimum absolute atomic E-state index is 0.226. The second-order valence-electron chi connectivity index (χ2n) is 6.03. The molecule has 0 fully saturated rings. The van der Waals surface area contributed by atoms with Gasteiger partial charge in [0.2, 0.25) is 11.8 Å². The summed E-state index contributed by atoms with van der Waals surface area (Å²) in [7, 11) is 0. The van der Waals surface area contributed by atoms with E-state index in [4.69, 9.17) is 11.5 Å². The van der Waals surface area contributed by atoms with Crippen LogP contribution in [0.3, 0.4) is 0 Å². The van der Waals surface area contributed by atoms with E-state index in [-0.39, 0.29) is 35.8 Å². The lowest BCUT2D eigenvalue weighted by molar-refractivity contribution is -0.116. The lowest BCUT2D eigenvalue weighted by Crippen LogP contribution is -2.19. The molecule has 4 amide bonds. The average molecular weight is 414 g/mol. The summed E-state index contributed by atoms with van der Waals surface area (Å²) >= 11 is 1.45. The van der Waals surface area contributed by atoms with Gasteiger partial charge < -0.3 is 22.1 Å². The van der Waals surface area contributed by atoms with Crippen LogP contribution in [0.5, 0.6) is 0 Å². The molecule has 0 saturated heterocycles. The fraction of sp³-hybridized carbons (Fsp3) is 0.200. The van der Waals surface area contributed by atoms with E-state index in [1.54, 1.807) is 48.5 Å². The lowest BCUT2D eigenvalue weighted by atomic mass is 10.1. The van der Waals surface area contributed by atoms with Crippen LogP contribution in [0, 0.1) is 0 Å². The summed E-state index contributed by atoms with van der Waals surface area (Å²) in [6.45, 7) is 0. The minimum Gasteiger partial charge on any atom is -0.366 e. The van der Waals surface area contributed by atoms with Crippen LogP contribution < -0.4 is 22.1 Å². The van der Waals surface area contributed by atoms with Crippen LogP contribution in [0.25, 0.3) is 0 Å². The molecule has 0 saturated carbocycles. The Morgan fingerprint density at radius 1 is 0.690 bits per heavy atom. The van der Waals surface area contributed by atoms with Gasteiger partial charge in [-0.25, -0.2) is 0 Å². The zero-order valence-corrected chi connectivity index (χ0v) is 16.5. The molecule has 0 radical (unpaired) electrons. The van der Waals surface area contributed by atoms with Crippen molar-refractivity contribution >= 4 is 46.8 Å². The zero-order chi connectivity index (χ0) is 21.2. The fourth-order valence-electron chi connectivity index (χ4n) is 2.47. The van der Waals surface area contributed by atoms with Crippen molar-refractivity contribution < 1.29 is 19.2 Å². The zero-order valence-electron chi connectivity index (χ0n) is 15.6. The third-order valence-corrected chi connectivity index (χ3v) is 4.87. The van der Waals surface area contributed by atoms with Crippen molar-refractivity contribution in [1.29, 1.82) is 0 Å². The van der Waals surface area contributed by atoms with Gasteiger partial charge in [-0.3, -0.25) is 19.2 Å². The molecule has 29 heavy (non-hydrogen) atoms. The average Bonchev–Trinajstić information content (AvgIpc) is 2.68. The first-order valence-electron chi connectivity index (χ1n) is 8.83. The summed E-state index contributed by atoms with van der Waals surface area (Å²) in [5.41, 5.74) is 11.8. The van der Waals surface area contributed by atoms with Crippen LogP contribution in [0.15, 0.2) is 48.5 Å². The van der Waals surface area contributed by atoms with Crippen molar-refractivity contribution in [3.8, 4) is 0 Å². The van der Waals surface area contributed by atoms with E-state index in [2.05, 4.69) is 10.6 Å². The Kier molecular flexibility index (Phi) is 8.23. The number of carbonyl (C=O) groups excluding carboxylic acids is 4. The largest absolute Gasteiger partial charge is 0.366 e. The number of anilines is 2. The molecule has 0 aliphatic heterocycles. The highest BCUT2D eigenvalue weighted by molar-refractivity contribution is 7.99. The number of nitrogens with two attached hydrogens (primary N) is 2. The van der Waals surface area contributed by atoms with Gasteiger partial charge in [0.1, 0.15) is 0 Å². The van der Waals surface area contributed by atoms with Crippen molar-refractivity contribution in [2.45, 2.75) is 12.8 Å². The molecule has 0 aliphatic carbocycles. The van der Waals surface area contributed by atoms with Gasteiger partial charge in [-0.05, 0) is 24.3 Å². The molecular weight excluding hydrogens is 392 g/mol. The topological polar surface area (TPSA) is 144 Å². The van der Waals surface area contributed by atoms with Crippen LogP contribution >= 0.6 is 11.8 Å². The van der Waals surface area contributed by atoms with E-state index < -0.39 is 11.8 Å². The first kappa shape index (κ1) is 22.0. The van der Waals surface area contributed by atoms with E-state index in [0.29, 0.717) is 22.9 Å². The Labute approximate surface area is 172 Å². The highest BCUT2D eigenvalue weighted by atomic mass is 32.2. The van der Waals surface area contributed by atoms with Gasteiger partial charge in [0.05, 0.1) is 22.5 Å². The second-order valence-corrected chi connectivity index (χ2v) is 7.25. The summed E-state index contributed by atoms with van der Waals surface area (Å²) in [5, 5.41) is 5.33. The van der Waals surface area contributed by atoms with Gasteiger partial charge >= 0.3 is 0 Å². The van der Waals surface area contributed by atoms with Crippen molar-refractivity contribution in [2.24, 2.45) is 11.5 Å². The van der Waals surface area contributed by atoms with Gasteiger partial charge in [-0.15, -0.1) is 0 Å². The third kappa shape index (κ3) is 6.96. The van der Waals surface area contributed by atoms with E-state index in [0.717, 1.165) is 0 Å². The molecule has 0 spiro atoms. The van der Waals surface area contributed by atoms with Crippen molar-refractivity contribution in [3.05, 3.63) is 59.7 Å². The van der Waals surface area contributed by atoms with Crippen LogP contribution in [-0.2, 0) is 9.59 Å². The van der Waals surface area contributed by atoms with Crippen LogP contribution in [-0.4, -0.2) is 35.1 Å². The number of thioether (sulfide) groups is 1. The minimum atomic E-state index is -0.612. The van der Waals surface area contributed by atoms with Crippen molar-refractivity contribution in [2.75, 3.05) is 22.1 Å². The molecule has 0 unspecified atom stereocenters. The van der Waals surface area contributed by atoms with Crippen LogP contribution in [0.2, 0.25) is 0 Å². The SMILES string of the molecule is NC(=O)c1ccccc1NC(=O)CCSCCC(=O)Nc1ccccc1C(N)=O. The van der Waals surface area contributed by atoms with E-state index in [1.165, 1.54) is 11.8 Å². The normalized spacial score (nSPS) is 10.2. The Balaban J connectivity index is 1.71. The van der Waals surface area contributed by atoms with Gasteiger partial charge in [-0.1, -0.05) is 24.3 Å². The van der Waals surface area contributed by atoms with Gasteiger partial charge in [0.15, 0.2) is 0 Å². The molecule has 9 heteroatoms. The van der Waals surface area contributed by atoms with Crippen molar-refractivity contribution in [3.63, 3.8) is 0 Å². The second kappa shape index (κ2) is 10.9. The number of primary amides is 2. The summed E-state index contributed by atoms with van der Waals surface area (Å²) in [4.78, 5) is 46.8. The number of para-hydroxylation sites is 2. The van der Waals surface area contributed by atoms with Gasteiger partial charge in [0, 0.05) is 24.3 Å². The Hall–Kier alpha value is -3.33. The molecular formula is C20H22N4O4S. The maximum Gasteiger partial charge on any atom is 0.250 e. The summed E-state index contributed by atoms with van der Waals surface area (Å²) in [6, 6.07) is 13.0. The Morgan fingerprint density at radius 3 is 1.45 bits per heavy atom. The Morgan fingerprint density at radius 2 is 1.07 bits per heavy atom. The standard InChI is InChI=1S/C20H22N4O4S/c21-19(27)13-5-1-3-7-15(13)23-17(25)9-11-29-12-10-18(26)24-16-8-4-2-6-14(16)20(22)28/h1-8H,9-12H2,(H2,21,27)(H2,22,28)(H,23,25)(H,24,26). The van der Waals surface area contributed by atoms with Gasteiger partial charge in [-0.2, -0.15) is 11.8 Å². The smallest absolute Gasteiger partial charge is 0.250 e. The number of carbonyl (C=O) groups is 4. The van der Waals surface area contributed by atoms with E-state index in [1.807, 2.05) is 0 Å².